The summed E-state index contributed by atoms with van der Waals surface area (Å²) in [6, 6.07) is 0.0363. The van der Waals surface area contributed by atoms with Crippen LogP contribution in [0.4, 0.5) is 0 Å². The Balaban J connectivity index is 1.60. The van der Waals surface area contributed by atoms with Crippen molar-refractivity contribution in [2.75, 3.05) is 33.0 Å². The molecule has 2 aliphatic rings. The largest absolute Gasteiger partial charge is 0.379 e. The first-order valence-corrected chi connectivity index (χ1v) is 8.99. The summed E-state index contributed by atoms with van der Waals surface area (Å²) >= 11 is 0. The zero-order valence-corrected chi connectivity index (χ0v) is 15.0. The molecule has 0 aromatic carbocycles. The van der Waals surface area contributed by atoms with Crippen LogP contribution in [0.25, 0.3) is 0 Å². The minimum atomic E-state index is 0.0363. The second kappa shape index (κ2) is 7.23. The van der Waals surface area contributed by atoms with Gasteiger partial charge in [0.25, 0.3) is 0 Å². The Labute approximate surface area is 144 Å². The Bertz CT molecular complexity index is 566. The molecule has 1 saturated carbocycles. The highest BCUT2D eigenvalue weighted by atomic mass is 16.5. The van der Waals surface area contributed by atoms with E-state index in [9.17, 15) is 4.79 Å². The number of amides is 1. The maximum atomic E-state index is 12.5. The number of ether oxygens (including phenoxy) is 2. The normalized spacial score (nSPS) is 22.5. The van der Waals surface area contributed by atoms with Crippen molar-refractivity contribution in [2.24, 2.45) is 11.3 Å². The summed E-state index contributed by atoms with van der Waals surface area (Å²) in [5.74, 6) is 1.84. The van der Waals surface area contributed by atoms with Gasteiger partial charge in [-0.15, -0.1) is 0 Å². The fraction of sp³-hybridized carbons (Fsp3) is 0.778. The van der Waals surface area contributed by atoms with Crippen LogP contribution in [0.15, 0.2) is 12.4 Å². The molecule has 6 heteroatoms. The molecule has 0 radical (unpaired) electrons. The highest BCUT2D eigenvalue weighted by Crippen LogP contribution is 2.48. The molecule has 2 heterocycles. The van der Waals surface area contributed by atoms with Crippen LogP contribution in [0, 0.1) is 11.3 Å². The van der Waals surface area contributed by atoms with E-state index in [1.807, 2.05) is 24.2 Å². The second-order valence-electron chi connectivity index (χ2n) is 7.54. The lowest BCUT2D eigenvalue weighted by molar-refractivity contribution is -0.158. The van der Waals surface area contributed by atoms with E-state index >= 15 is 0 Å². The zero-order chi connectivity index (χ0) is 17.2. The molecular formula is C18H29N3O3. The average Bonchev–Trinajstić information content (AvgIpc) is 3.24. The average molecular weight is 335 g/mol. The molecule has 3 rings (SSSR count). The summed E-state index contributed by atoms with van der Waals surface area (Å²) in [6.45, 7) is 9.90. The van der Waals surface area contributed by atoms with Crippen LogP contribution in [-0.4, -0.2) is 53.3 Å². The number of hydrogen-bond acceptors (Lipinski definition) is 4. The maximum Gasteiger partial charge on any atom is 0.249 e. The summed E-state index contributed by atoms with van der Waals surface area (Å²) in [6.07, 6.45) is 6.51. The van der Waals surface area contributed by atoms with Gasteiger partial charge in [-0.1, -0.05) is 13.8 Å². The first-order valence-electron chi connectivity index (χ1n) is 8.99. The fourth-order valence-corrected chi connectivity index (χ4v) is 3.45. The topological polar surface area (TPSA) is 56.6 Å². The SMILES string of the molecule is CCOCCOCC(=O)N1CC(C)(C)C1c1nccn1CC1CC1. The standard InChI is InChI=1S/C18H29N3O3/c1-4-23-9-10-24-12-15(22)21-13-18(2,3)16(21)17-19-7-8-20(17)11-14-5-6-14/h7-8,14,16H,4-6,9-13H2,1-3H3. The van der Waals surface area contributed by atoms with E-state index in [1.165, 1.54) is 12.8 Å². The molecule has 1 unspecified atom stereocenters. The molecule has 1 atom stereocenters. The van der Waals surface area contributed by atoms with Gasteiger partial charge < -0.3 is 18.9 Å². The number of imidazole rings is 1. The van der Waals surface area contributed by atoms with Crippen LogP contribution >= 0.6 is 0 Å². The number of nitrogens with zero attached hydrogens (tertiary/aromatic N) is 3. The molecule has 1 aromatic heterocycles. The Morgan fingerprint density at radius 3 is 2.75 bits per heavy atom. The van der Waals surface area contributed by atoms with Gasteiger partial charge in [0.1, 0.15) is 12.4 Å². The lowest BCUT2D eigenvalue weighted by Gasteiger charge is -2.53. The van der Waals surface area contributed by atoms with Gasteiger partial charge in [0, 0.05) is 37.5 Å². The van der Waals surface area contributed by atoms with E-state index < -0.39 is 0 Å². The maximum absolute atomic E-state index is 12.5. The van der Waals surface area contributed by atoms with E-state index in [0.717, 1.165) is 24.8 Å². The van der Waals surface area contributed by atoms with Gasteiger partial charge in [0.2, 0.25) is 5.91 Å². The summed E-state index contributed by atoms with van der Waals surface area (Å²) in [7, 11) is 0. The smallest absolute Gasteiger partial charge is 0.249 e. The predicted molar refractivity (Wildman–Crippen MR) is 90.5 cm³/mol. The number of carbonyl (C=O) groups excluding carboxylic acids is 1. The molecule has 2 fully saturated rings. The molecule has 0 bridgehead atoms. The predicted octanol–water partition coefficient (Wildman–Crippen LogP) is 2.26. The van der Waals surface area contributed by atoms with E-state index in [4.69, 9.17) is 9.47 Å². The Morgan fingerprint density at radius 2 is 2.08 bits per heavy atom. The first-order chi connectivity index (χ1) is 11.5. The Hall–Kier alpha value is -1.40. The number of likely N-dealkylation sites (tertiary alicyclic amines) is 1. The Morgan fingerprint density at radius 1 is 1.33 bits per heavy atom. The third-order valence-electron chi connectivity index (χ3n) is 4.90. The van der Waals surface area contributed by atoms with Crippen molar-refractivity contribution < 1.29 is 14.3 Å². The first kappa shape index (κ1) is 17.4. The van der Waals surface area contributed by atoms with Gasteiger partial charge in [0.05, 0.1) is 19.3 Å². The highest BCUT2D eigenvalue weighted by molar-refractivity contribution is 5.79. The van der Waals surface area contributed by atoms with Crippen LogP contribution in [0.1, 0.15) is 45.5 Å². The van der Waals surface area contributed by atoms with E-state index in [2.05, 4.69) is 23.4 Å². The molecule has 6 nitrogen and oxygen atoms in total. The molecule has 1 amide bonds. The number of carbonyl (C=O) groups is 1. The van der Waals surface area contributed by atoms with Gasteiger partial charge in [0.15, 0.2) is 0 Å². The van der Waals surface area contributed by atoms with Crippen molar-refractivity contribution in [3.8, 4) is 0 Å². The van der Waals surface area contributed by atoms with Crippen LogP contribution in [0.5, 0.6) is 0 Å². The van der Waals surface area contributed by atoms with Crippen molar-refractivity contribution in [1.29, 1.82) is 0 Å². The summed E-state index contributed by atoms with van der Waals surface area (Å²) in [4.78, 5) is 19.0. The van der Waals surface area contributed by atoms with Crippen molar-refractivity contribution in [2.45, 2.75) is 46.2 Å². The van der Waals surface area contributed by atoms with Crippen LogP contribution in [0.2, 0.25) is 0 Å². The zero-order valence-electron chi connectivity index (χ0n) is 15.0. The molecular weight excluding hydrogens is 306 g/mol. The molecule has 1 aliphatic heterocycles. The van der Waals surface area contributed by atoms with Crippen LogP contribution < -0.4 is 0 Å². The third kappa shape index (κ3) is 3.81. The fourth-order valence-electron chi connectivity index (χ4n) is 3.45. The molecule has 1 aliphatic carbocycles. The third-order valence-corrected chi connectivity index (χ3v) is 4.90. The van der Waals surface area contributed by atoms with E-state index in [1.54, 1.807) is 0 Å². The lowest BCUT2D eigenvalue weighted by Crippen LogP contribution is -2.59. The molecule has 0 N–H and O–H groups in total. The van der Waals surface area contributed by atoms with Crippen molar-refractivity contribution in [3.05, 3.63) is 18.2 Å². The second-order valence-corrected chi connectivity index (χ2v) is 7.54. The minimum absolute atomic E-state index is 0.0363. The molecule has 0 spiro atoms. The van der Waals surface area contributed by atoms with Gasteiger partial charge in [-0.3, -0.25) is 4.79 Å². The number of hydrogen-bond donors (Lipinski definition) is 0. The van der Waals surface area contributed by atoms with Gasteiger partial charge in [-0.2, -0.15) is 0 Å². The van der Waals surface area contributed by atoms with Crippen LogP contribution in [-0.2, 0) is 20.8 Å². The van der Waals surface area contributed by atoms with Gasteiger partial charge >= 0.3 is 0 Å². The van der Waals surface area contributed by atoms with Gasteiger partial charge in [-0.05, 0) is 25.7 Å². The van der Waals surface area contributed by atoms with Crippen molar-refractivity contribution >= 4 is 5.91 Å². The van der Waals surface area contributed by atoms with Crippen molar-refractivity contribution in [3.63, 3.8) is 0 Å². The molecule has 1 saturated heterocycles. The number of aromatic nitrogens is 2. The Kier molecular flexibility index (Phi) is 5.25. The number of rotatable bonds is 9. The highest BCUT2D eigenvalue weighted by Gasteiger charge is 2.50. The van der Waals surface area contributed by atoms with Crippen molar-refractivity contribution in [1.82, 2.24) is 14.5 Å². The minimum Gasteiger partial charge on any atom is -0.379 e. The summed E-state index contributed by atoms with van der Waals surface area (Å²) in [5, 5.41) is 0. The molecule has 1 aromatic rings. The lowest BCUT2D eigenvalue weighted by atomic mass is 9.74. The van der Waals surface area contributed by atoms with E-state index in [-0.39, 0.29) is 24.0 Å². The monoisotopic (exact) mass is 335 g/mol. The molecule has 134 valence electrons. The summed E-state index contributed by atoms with van der Waals surface area (Å²) in [5.41, 5.74) is 0.0492. The van der Waals surface area contributed by atoms with Gasteiger partial charge in [-0.25, -0.2) is 4.98 Å². The molecule has 24 heavy (non-hydrogen) atoms. The van der Waals surface area contributed by atoms with Crippen LogP contribution in [0.3, 0.4) is 0 Å². The summed E-state index contributed by atoms with van der Waals surface area (Å²) < 4.78 is 12.9. The van der Waals surface area contributed by atoms with E-state index in [0.29, 0.717) is 19.8 Å². The quantitative estimate of drug-likeness (QED) is 0.650.